The number of unbranched alkanes of at least 4 members (excludes halogenated alkanes) is 12. The minimum atomic E-state index is 0.297. The molecule has 2 nitrogen and oxygen atoms in total. The molecule has 1 N–H and O–H groups in total. The van der Waals surface area contributed by atoms with Gasteiger partial charge in [0.1, 0.15) is 0 Å². The number of hydrogen-bond donors (Lipinski definition) is 1. The number of amides is 1. The second-order valence-electron chi connectivity index (χ2n) is 8.86. The average molecular weight is 412 g/mol. The normalized spacial score (nSPS) is 15.0. The van der Waals surface area contributed by atoms with Gasteiger partial charge < -0.3 is 5.32 Å². The lowest BCUT2D eigenvalue weighted by molar-refractivity contribution is -0.122. The molecule has 0 atom stereocenters. The van der Waals surface area contributed by atoms with E-state index in [0.717, 1.165) is 12.8 Å². The van der Waals surface area contributed by atoms with E-state index in [1.165, 1.54) is 127 Å². The Hall–Kier alpha value is -0.180. The van der Waals surface area contributed by atoms with E-state index in [4.69, 9.17) is 0 Å². The fourth-order valence-corrected chi connectivity index (χ4v) is 5.20. The number of carbonyl (C=O) groups excluding carboxylic acids is 1. The molecular weight excluding hydrogens is 362 g/mol. The van der Waals surface area contributed by atoms with Gasteiger partial charge in [-0.1, -0.05) is 96.8 Å². The van der Waals surface area contributed by atoms with Gasteiger partial charge in [0.05, 0.1) is 0 Å². The highest BCUT2D eigenvalue weighted by atomic mass is 32.2. The Bertz CT molecular complexity index is 341. The van der Waals surface area contributed by atoms with Crippen molar-refractivity contribution >= 4 is 17.7 Å². The highest BCUT2D eigenvalue weighted by Gasteiger charge is 2.14. The Morgan fingerprint density at radius 3 is 1.79 bits per heavy atom. The van der Waals surface area contributed by atoms with Gasteiger partial charge in [-0.15, -0.1) is 0 Å². The summed E-state index contributed by atoms with van der Waals surface area (Å²) in [6, 6.07) is 0.477. The van der Waals surface area contributed by atoms with E-state index in [0.29, 0.717) is 11.9 Å². The molecule has 3 heteroatoms. The maximum Gasteiger partial charge on any atom is 0.220 e. The first-order chi connectivity index (χ1) is 13.8. The minimum absolute atomic E-state index is 0.297. The largest absolute Gasteiger partial charge is 0.353 e. The molecule has 0 aromatic rings. The van der Waals surface area contributed by atoms with E-state index < -0.39 is 0 Å². The predicted molar refractivity (Wildman–Crippen MR) is 127 cm³/mol. The lowest BCUT2D eigenvalue weighted by atomic mass is 9.95. The summed E-state index contributed by atoms with van der Waals surface area (Å²) in [6.07, 6.45) is 26.2. The maximum atomic E-state index is 12.0. The standard InChI is InChI=1S/C25H49NOS/c1-2-3-4-5-11-17-22-28-23-18-12-9-7-6-8-10-16-21-25(27)26-24-19-14-13-15-20-24/h24H,2-23H2,1H3,(H,26,27). The summed E-state index contributed by atoms with van der Waals surface area (Å²) in [7, 11) is 0. The van der Waals surface area contributed by atoms with Crippen molar-refractivity contribution in [2.45, 2.75) is 141 Å². The van der Waals surface area contributed by atoms with Crippen LogP contribution in [0.4, 0.5) is 0 Å². The fourth-order valence-electron chi connectivity index (χ4n) is 4.18. The van der Waals surface area contributed by atoms with Gasteiger partial charge in [-0.3, -0.25) is 4.79 Å². The third-order valence-corrected chi connectivity index (χ3v) is 7.21. The van der Waals surface area contributed by atoms with E-state index in [-0.39, 0.29) is 0 Å². The van der Waals surface area contributed by atoms with Gasteiger partial charge >= 0.3 is 0 Å². The summed E-state index contributed by atoms with van der Waals surface area (Å²) in [5, 5.41) is 3.23. The van der Waals surface area contributed by atoms with Crippen molar-refractivity contribution < 1.29 is 4.79 Å². The zero-order valence-corrected chi connectivity index (χ0v) is 19.8. The molecule has 0 aromatic carbocycles. The van der Waals surface area contributed by atoms with E-state index in [1.54, 1.807) is 0 Å². The van der Waals surface area contributed by atoms with Crippen molar-refractivity contribution in [1.82, 2.24) is 5.32 Å². The maximum absolute atomic E-state index is 12.0. The molecule has 0 heterocycles. The molecule has 1 saturated carbocycles. The van der Waals surface area contributed by atoms with E-state index in [9.17, 15) is 4.79 Å². The molecular formula is C25H49NOS. The summed E-state index contributed by atoms with van der Waals surface area (Å²) < 4.78 is 0. The van der Waals surface area contributed by atoms with E-state index in [2.05, 4.69) is 24.0 Å². The van der Waals surface area contributed by atoms with Gasteiger partial charge in [-0.25, -0.2) is 0 Å². The first-order valence-corrected chi connectivity index (χ1v) is 13.9. The van der Waals surface area contributed by atoms with Crippen molar-refractivity contribution in [3.8, 4) is 0 Å². The molecule has 1 amide bonds. The van der Waals surface area contributed by atoms with Crippen LogP contribution >= 0.6 is 11.8 Å². The molecule has 1 aliphatic carbocycles. The molecule has 0 radical (unpaired) electrons. The zero-order chi connectivity index (χ0) is 20.1. The molecule has 0 bridgehead atoms. The summed E-state index contributed by atoms with van der Waals surface area (Å²) in [4.78, 5) is 12.0. The average Bonchev–Trinajstić information content (AvgIpc) is 2.71. The highest BCUT2D eigenvalue weighted by molar-refractivity contribution is 7.99. The highest BCUT2D eigenvalue weighted by Crippen LogP contribution is 2.18. The van der Waals surface area contributed by atoms with Gasteiger partial charge in [-0.2, -0.15) is 11.8 Å². The van der Waals surface area contributed by atoms with Crippen LogP contribution in [0, 0.1) is 0 Å². The second kappa shape index (κ2) is 20.1. The van der Waals surface area contributed by atoms with Crippen LogP contribution in [0.2, 0.25) is 0 Å². The first-order valence-electron chi connectivity index (χ1n) is 12.7. The Labute approximate surface area is 180 Å². The Balaban J connectivity index is 1.71. The van der Waals surface area contributed by atoms with Gasteiger partial charge in [0.25, 0.3) is 0 Å². The van der Waals surface area contributed by atoms with Gasteiger partial charge in [0.15, 0.2) is 0 Å². The van der Waals surface area contributed by atoms with Crippen LogP contribution in [0.1, 0.15) is 135 Å². The van der Waals surface area contributed by atoms with Gasteiger partial charge in [-0.05, 0) is 43.6 Å². The molecule has 0 aliphatic heterocycles. The minimum Gasteiger partial charge on any atom is -0.353 e. The monoisotopic (exact) mass is 411 g/mol. The molecule has 0 spiro atoms. The number of hydrogen-bond acceptors (Lipinski definition) is 2. The number of nitrogens with one attached hydrogen (secondary N) is 1. The van der Waals surface area contributed by atoms with Gasteiger partial charge in [0.2, 0.25) is 5.91 Å². The third-order valence-electron chi connectivity index (χ3n) is 6.06. The summed E-state index contributed by atoms with van der Waals surface area (Å²) >= 11 is 2.17. The smallest absolute Gasteiger partial charge is 0.220 e. The van der Waals surface area contributed by atoms with Crippen molar-refractivity contribution in [2.24, 2.45) is 0 Å². The number of thioether (sulfide) groups is 1. The number of rotatable bonds is 19. The molecule has 0 aromatic heterocycles. The molecule has 166 valence electrons. The molecule has 1 aliphatic rings. The fraction of sp³-hybridized carbons (Fsp3) is 0.960. The van der Waals surface area contributed by atoms with Crippen molar-refractivity contribution in [3.05, 3.63) is 0 Å². The zero-order valence-electron chi connectivity index (χ0n) is 19.0. The molecule has 1 fully saturated rings. The predicted octanol–water partition coefficient (Wildman–Crippen LogP) is 8.04. The summed E-state index contributed by atoms with van der Waals surface area (Å²) in [6.45, 7) is 2.29. The number of carbonyl (C=O) groups is 1. The topological polar surface area (TPSA) is 29.1 Å². The van der Waals surface area contributed by atoms with Crippen LogP contribution in [0.5, 0.6) is 0 Å². The lowest BCUT2D eigenvalue weighted by Crippen LogP contribution is -2.35. The Kier molecular flexibility index (Phi) is 18.6. The SMILES string of the molecule is CCCCCCCCSCCCCCCCCCCC(=O)NC1CCCCC1. The summed E-state index contributed by atoms with van der Waals surface area (Å²) in [5.74, 6) is 3.04. The van der Waals surface area contributed by atoms with Crippen LogP contribution in [-0.4, -0.2) is 23.5 Å². The molecule has 0 saturated heterocycles. The van der Waals surface area contributed by atoms with Gasteiger partial charge in [0, 0.05) is 12.5 Å². The second-order valence-corrected chi connectivity index (χ2v) is 10.1. The first kappa shape index (κ1) is 25.9. The van der Waals surface area contributed by atoms with E-state index in [1.807, 2.05) is 0 Å². The molecule has 1 rings (SSSR count). The van der Waals surface area contributed by atoms with Crippen molar-refractivity contribution in [1.29, 1.82) is 0 Å². The Morgan fingerprint density at radius 2 is 1.21 bits per heavy atom. The van der Waals surface area contributed by atoms with Crippen LogP contribution in [0.15, 0.2) is 0 Å². The summed E-state index contributed by atoms with van der Waals surface area (Å²) in [5.41, 5.74) is 0. The van der Waals surface area contributed by atoms with Crippen LogP contribution in [0.3, 0.4) is 0 Å². The Morgan fingerprint density at radius 1 is 0.714 bits per heavy atom. The van der Waals surface area contributed by atoms with Crippen LogP contribution in [0.25, 0.3) is 0 Å². The van der Waals surface area contributed by atoms with Crippen molar-refractivity contribution in [2.75, 3.05) is 11.5 Å². The van der Waals surface area contributed by atoms with Crippen molar-refractivity contribution in [3.63, 3.8) is 0 Å². The van der Waals surface area contributed by atoms with Crippen LogP contribution in [-0.2, 0) is 4.79 Å². The molecule has 0 unspecified atom stereocenters. The molecule has 28 heavy (non-hydrogen) atoms. The quantitative estimate of drug-likeness (QED) is 0.218. The van der Waals surface area contributed by atoms with E-state index >= 15 is 0 Å². The van der Waals surface area contributed by atoms with Crippen LogP contribution < -0.4 is 5.32 Å². The lowest BCUT2D eigenvalue weighted by Gasteiger charge is -2.22. The third kappa shape index (κ3) is 16.7.